The van der Waals surface area contributed by atoms with E-state index < -0.39 is 5.97 Å². The SMILES string of the molecule is CNC1(CC(=O)O)CCCC(OC)C1. The first kappa shape index (κ1) is 11.5. The number of carboxylic acids is 1. The molecular formula is C10H19NO3. The summed E-state index contributed by atoms with van der Waals surface area (Å²) < 4.78 is 5.30. The fraction of sp³-hybridized carbons (Fsp3) is 0.900. The van der Waals surface area contributed by atoms with E-state index in [1.165, 1.54) is 0 Å². The van der Waals surface area contributed by atoms with E-state index in [-0.39, 0.29) is 18.1 Å². The number of aliphatic carboxylic acids is 1. The molecule has 1 aliphatic rings. The molecule has 0 aromatic carbocycles. The van der Waals surface area contributed by atoms with Crippen LogP contribution in [0.4, 0.5) is 0 Å². The molecule has 1 aliphatic carbocycles. The van der Waals surface area contributed by atoms with Crippen molar-refractivity contribution in [2.24, 2.45) is 0 Å². The predicted molar refractivity (Wildman–Crippen MR) is 53.3 cm³/mol. The van der Waals surface area contributed by atoms with Crippen molar-refractivity contribution in [3.05, 3.63) is 0 Å². The number of carbonyl (C=O) groups is 1. The van der Waals surface area contributed by atoms with Crippen LogP contribution in [0.5, 0.6) is 0 Å². The lowest BCUT2D eigenvalue weighted by atomic mass is 9.78. The molecule has 82 valence electrons. The average Bonchev–Trinajstić information content (AvgIpc) is 2.17. The van der Waals surface area contributed by atoms with Gasteiger partial charge in [-0.1, -0.05) is 0 Å². The number of carboxylic acid groups (broad SMARTS) is 1. The first-order valence-corrected chi connectivity index (χ1v) is 5.05. The number of hydrogen-bond donors (Lipinski definition) is 2. The molecule has 4 heteroatoms. The fourth-order valence-corrected chi connectivity index (χ4v) is 2.27. The van der Waals surface area contributed by atoms with E-state index in [0.29, 0.717) is 0 Å². The fourth-order valence-electron chi connectivity index (χ4n) is 2.27. The Morgan fingerprint density at radius 1 is 1.71 bits per heavy atom. The minimum atomic E-state index is -0.740. The lowest BCUT2D eigenvalue weighted by Crippen LogP contribution is -2.50. The van der Waals surface area contributed by atoms with Crippen LogP contribution in [0.2, 0.25) is 0 Å². The molecule has 0 aromatic rings. The maximum atomic E-state index is 10.7. The van der Waals surface area contributed by atoms with Gasteiger partial charge in [-0.15, -0.1) is 0 Å². The standard InChI is InChI=1S/C10H19NO3/c1-11-10(7-9(12)13)5-3-4-8(6-10)14-2/h8,11H,3-7H2,1-2H3,(H,12,13). The van der Waals surface area contributed by atoms with E-state index in [1.54, 1.807) is 7.11 Å². The lowest BCUT2D eigenvalue weighted by Gasteiger charge is -2.39. The van der Waals surface area contributed by atoms with Crippen LogP contribution in [0.15, 0.2) is 0 Å². The quantitative estimate of drug-likeness (QED) is 0.712. The van der Waals surface area contributed by atoms with Crippen molar-refractivity contribution in [2.75, 3.05) is 14.2 Å². The van der Waals surface area contributed by atoms with Gasteiger partial charge in [0.2, 0.25) is 0 Å². The van der Waals surface area contributed by atoms with Crippen LogP contribution in [0.1, 0.15) is 32.1 Å². The summed E-state index contributed by atoms with van der Waals surface area (Å²) in [7, 11) is 3.53. The molecule has 0 amide bonds. The smallest absolute Gasteiger partial charge is 0.305 e. The number of hydrogen-bond acceptors (Lipinski definition) is 3. The van der Waals surface area contributed by atoms with Gasteiger partial charge in [0.05, 0.1) is 12.5 Å². The molecule has 14 heavy (non-hydrogen) atoms. The van der Waals surface area contributed by atoms with E-state index in [4.69, 9.17) is 9.84 Å². The predicted octanol–water partition coefficient (Wildman–Crippen LogP) is 1.01. The summed E-state index contributed by atoms with van der Waals surface area (Å²) in [5.74, 6) is -0.740. The van der Waals surface area contributed by atoms with Gasteiger partial charge in [-0.2, -0.15) is 0 Å². The first-order chi connectivity index (χ1) is 6.62. The highest BCUT2D eigenvalue weighted by atomic mass is 16.5. The van der Waals surface area contributed by atoms with E-state index in [9.17, 15) is 4.79 Å². The minimum Gasteiger partial charge on any atom is -0.481 e. The molecule has 0 bridgehead atoms. The molecule has 2 atom stereocenters. The molecular weight excluding hydrogens is 182 g/mol. The van der Waals surface area contributed by atoms with Gasteiger partial charge in [-0.3, -0.25) is 4.79 Å². The Morgan fingerprint density at radius 3 is 2.93 bits per heavy atom. The van der Waals surface area contributed by atoms with Crippen molar-refractivity contribution in [3.8, 4) is 0 Å². The molecule has 0 heterocycles. The lowest BCUT2D eigenvalue weighted by molar-refractivity contribution is -0.139. The van der Waals surface area contributed by atoms with Gasteiger partial charge in [0.15, 0.2) is 0 Å². The van der Waals surface area contributed by atoms with Crippen LogP contribution in [0, 0.1) is 0 Å². The third-order valence-electron chi connectivity index (χ3n) is 3.15. The van der Waals surface area contributed by atoms with Crippen LogP contribution in [-0.4, -0.2) is 36.9 Å². The first-order valence-electron chi connectivity index (χ1n) is 5.05. The zero-order valence-corrected chi connectivity index (χ0v) is 8.88. The van der Waals surface area contributed by atoms with Crippen LogP contribution in [0.3, 0.4) is 0 Å². The van der Waals surface area contributed by atoms with Crippen molar-refractivity contribution in [1.29, 1.82) is 0 Å². The summed E-state index contributed by atoms with van der Waals surface area (Å²) in [4.78, 5) is 10.7. The highest BCUT2D eigenvalue weighted by molar-refractivity contribution is 5.68. The van der Waals surface area contributed by atoms with Gasteiger partial charge >= 0.3 is 5.97 Å². The molecule has 0 aromatic heterocycles. The third kappa shape index (κ3) is 2.69. The number of ether oxygens (including phenoxy) is 1. The van der Waals surface area contributed by atoms with Crippen LogP contribution in [0.25, 0.3) is 0 Å². The topological polar surface area (TPSA) is 58.6 Å². The summed E-state index contributed by atoms with van der Waals surface area (Å²) >= 11 is 0. The molecule has 0 radical (unpaired) electrons. The van der Waals surface area contributed by atoms with Gasteiger partial charge in [-0.05, 0) is 32.7 Å². The van der Waals surface area contributed by atoms with Gasteiger partial charge in [0.25, 0.3) is 0 Å². The van der Waals surface area contributed by atoms with Crippen LogP contribution < -0.4 is 5.32 Å². The highest BCUT2D eigenvalue weighted by Gasteiger charge is 2.36. The van der Waals surface area contributed by atoms with Crippen molar-refractivity contribution in [2.45, 2.75) is 43.7 Å². The normalized spacial score (nSPS) is 32.9. The Bertz CT molecular complexity index is 208. The number of methoxy groups -OCH3 is 1. The Hall–Kier alpha value is -0.610. The number of rotatable bonds is 4. The van der Waals surface area contributed by atoms with E-state index in [2.05, 4.69) is 5.32 Å². The maximum Gasteiger partial charge on any atom is 0.305 e. The summed E-state index contributed by atoms with van der Waals surface area (Å²) in [6.07, 6.45) is 4.19. The molecule has 1 saturated carbocycles. The van der Waals surface area contributed by atoms with Crippen molar-refractivity contribution < 1.29 is 14.6 Å². The monoisotopic (exact) mass is 201 g/mol. The van der Waals surface area contributed by atoms with Gasteiger partial charge in [0.1, 0.15) is 0 Å². The van der Waals surface area contributed by atoms with E-state index in [0.717, 1.165) is 25.7 Å². The molecule has 0 aliphatic heterocycles. The summed E-state index contributed by atoms with van der Waals surface area (Å²) in [6, 6.07) is 0. The molecule has 2 N–H and O–H groups in total. The van der Waals surface area contributed by atoms with E-state index >= 15 is 0 Å². The van der Waals surface area contributed by atoms with Crippen LogP contribution >= 0.6 is 0 Å². The second kappa shape index (κ2) is 4.75. The second-order valence-electron chi connectivity index (χ2n) is 4.05. The molecule has 0 spiro atoms. The molecule has 2 unspecified atom stereocenters. The van der Waals surface area contributed by atoms with Gasteiger partial charge < -0.3 is 15.2 Å². The summed E-state index contributed by atoms with van der Waals surface area (Å²) in [5.41, 5.74) is -0.259. The number of nitrogens with one attached hydrogen (secondary N) is 1. The molecule has 1 rings (SSSR count). The maximum absolute atomic E-state index is 10.7. The minimum absolute atomic E-state index is 0.184. The van der Waals surface area contributed by atoms with E-state index in [1.807, 2.05) is 7.05 Å². The van der Waals surface area contributed by atoms with Gasteiger partial charge in [-0.25, -0.2) is 0 Å². The van der Waals surface area contributed by atoms with Gasteiger partial charge in [0, 0.05) is 12.6 Å². The highest BCUT2D eigenvalue weighted by Crippen LogP contribution is 2.32. The summed E-state index contributed by atoms with van der Waals surface area (Å²) in [6.45, 7) is 0. The second-order valence-corrected chi connectivity index (χ2v) is 4.05. The van der Waals surface area contributed by atoms with Crippen molar-refractivity contribution >= 4 is 5.97 Å². The average molecular weight is 201 g/mol. The molecule has 0 saturated heterocycles. The zero-order valence-electron chi connectivity index (χ0n) is 8.88. The molecule has 1 fully saturated rings. The Kier molecular flexibility index (Phi) is 3.89. The zero-order chi connectivity index (χ0) is 10.6. The Labute approximate surface area is 84.6 Å². The molecule has 4 nitrogen and oxygen atoms in total. The summed E-state index contributed by atoms with van der Waals surface area (Å²) in [5, 5.41) is 12.0. The Morgan fingerprint density at radius 2 is 2.43 bits per heavy atom. The van der Waals surface area contributed by atoms with Crippen LogP contribution in [-0.2, 0) is 9.53 Å². The largest absolute Gasteiger partial charge is 0.481 e. The van der Waals surface area contributed by atoms with Crippen molar-refractivity contribution in [3.63, 3.8) is 0 Å². The Balaban J connectivity index is 2.62. The van der Waals surface area contributed by atoms with Crippen molar-refractivity contribution in [1.82, 2.24) is 5.32 Å². The third-order valence-corrected chi connectivity index (χ3v) is 3.15.